The molecule has 1 aromatic carbocycles. The zero-order chi connectivity index (χ0) is 15.6. The Kier molecular flexibility index (Phi) is 4.10. The van der Waals surface area contributed by atoms with Crippen LogP contribution in [0.1, 0.15) is 5.56 Å². The van der Waals surface area contributed by atoms with Gasteiger partial charge in [0.25, 0.3) is 15.7 Å². The molecule has 0 aliphatic heterocycles. The van der Waals surface area contributed by atoms with Crippen LogP contribution in [0.5, 0.6) is 0 Å². The van der Waals surface area contributed by atoms with Gasteiger partial charge in [-0.2, -0.15) is 0 Å². The molecule has 0 fully saturated rings. The summed E-state index contributed by atoms with van der Waals surface area (Å²) in [6, 6.07) is 5.25. The quantitative estimate of drug-likeness (QED) is 0.687. The monoisotopic (exact) mass is 327 g/mol. The number of pyridine rings is 1. The van der Waals surface area contributed by atoms with Crippen LogP contribution in [0.4, 0.5) is 11.4 Å². The Morgan fingerprint density at radius 1 is 1.33 bits per heavy atom. The lowest BCUT2D eigenvalue weighted by molar-refractivity contribution is -0.384. The maximum Gasteiger partial charge on any atom is 0.271 e. The Balaban J connectivity index is 2.44. The van der Waals surface area contributed by atoms with E-state index in [2.05, 4.69) is 9.71 Å². The van der Waals surface area contributed by atoms with E-state index in [1.807, 2.05) is 0 Å². The highest BCUT2D eigenvalue weighted by molar-refractivity contribution is 7.92. The minimum absolute atomic E-state index is 0.0144. The third kappa shape index (κ3) is 3.29. The van der Waals surface area contributed by atoms with Crippen molar-refractivity contribution in [3.05, 3.63) is 57.4 Å². The van der Waals surface area contributed by atoms with Crippen LogP contribution in [-0.4, -0.2) is 18.3 Å². The van der Waals surface area contributed by atoms with Gasteiger partial charge in [-0.1, -0.05) is 17.7 Å². The lowest BCUT2D eigenvalue weighted by Gasteiger charge is -2.11. The van der Waals surface area contributed by atoms with E-state index in [0.29, 0.717) is 5.56 Å². The van der Waals surface area contributed by atoms with Gasteiger partial charge in [-0.05, 0) is 18.6 Å². The predicted molar refractivity (Wildman–Crippen MR) is 77.9 cm³/mol. The van der Waals surface area contributed by atoms with Crippen molar-refractivity contribution in [1.29, 1.82) is 0 Å². The van der Waals surface area contributed by atoms with Crippen molar-refractivity contribution in [3.8, 4) is 0 Å². The van der Waals surface area contributed by atoms with Gasteiger partial charge >= 0.3 is 0 Å². The molecule has 2 rings (SSSR count). The molecule has 0 saturated heterocycles. The summed E-state index contributed by atoms with van der Waals surface area (Å²) < 4.78 is 26.8. The van der Waals surface area contributed by atoms with Crippen molar-refractivity contribution < 1.29 is 13.3 Å². The summed E-state index contributed by atoms with van der Waals surface area (Å²) in [4.78, 5) is 13.7. The molecule has 1 aromatic heterocycles. The Morgan fingerprint density at radius 3 is 2.67 bits per heavy atom. The number of hydrogen-bond acceptors (Lipinski definition) is 5. The number of anilines is 1. The van der Waals surface area contributed by atoms with Gasteiger partial charge in [-0.25, -0.2) is 8.42 Å². The summed E-state index contributed by atoms with van der Waals surface area (Å²) in [6.45, 7) is 1.63. The van der Waals surface area contributed by atoms with Gasteiger partial charge in [0.05, 0.1) is 15.6 Å². The van der Waals surface area contributed by atoms with E-state index in [-0.39, 0.29) is 21.3 Å². The van der Waals surface area contributed by atoms with E-state index < -0.39 is 14.9 Å². The molecule has 0 saturated carbocycles. The average molecular weight is 328 g/mol. The normalized spacial score (nSPS) is 11.1. The number of halogens is 1. The number of nitro benzene ring substituents is 1. The van der Waals surface area contributed by atoms with E-state index in [1.165, 1.54) is 24.4 Å². The standard InChI is InChI=1S/C12H10ClN3O4S/c1-8-2-3-9(16(17)18)6-11(8)15-21(19,20)12-7-14-5-4-10(12)13/h2-7,15H,1H3. The second-order valence-corrected chi connectivity index (χ2v) is 6.23. The highest BCUT2D eigenvalue weighted by Crippen LogP contribution is 2.26. The largest absolute Gasteiger partial charge is 0.279 e. The Hall–Kier alpha value is -2.19. The molecule has 0 radical (unpaired) electrons. The number of benzene rings is 1. The van der Waals surface area contributed by atoms with Crippen molar-refractivity contribution in [2.75, 3.05) is 4.72 Å². The molecule has 1 heterocycles. The van der Waals surface area contributed by atoms with Gasteiger partial charge in [0.1, 0.15) is 4.90 Å². The molecule has 7 nitrogen and oxygen atoms in total. The van der Waals surface area contributed by atoms with Crippen molar-refractivity contribution in [1.82, 2.24) is 4.98 Å². The smallest absolute Gasteiger partial charge is 0.271 e. The molecule has 0 bridgehead atoms. The van der Waals surface area contributed by atoms with Crippen LogP contribution in [0.15, 0.2) is 41.6 Å². The van der Waals surface area contributed by atoms with E-state index in [0.717, 1.165) is 12.3 Å². The SMILES string of the molecule is Cc1ccc([N+](=O)[O-])cc1NS(=O)(=O)c1cnccc1Cl. The van der Waals surface area contributed by atoms with Crippen LogP contribution in [0, 0.1) is 17.0 Å². The first-order chi connectivity index (χ1) is 9.81. The van der Waals surface area contributed by atoms with Crippen molar-refractivity contribution in [2.24, 2.45) is 0 Å². The summed E-state index contributed by atoms with van der Waals surface area (Å²) in [5, 5.41) is 10.8. The molecular weight excluding hydrogens is 318 g/mol. The zero-order valence-corrected chi connectivity index (χ0v) is 12.4. The van der Waals surface area contributed by atoms with Crippen molar-refractivity contribution in [2.45, 2.75) is 11.8 Å². The van der Waals surface area contributed by atoms with Crippen LogP contribution in [0.2, 0.25) is 5.02 Å². The van der Waals surface area contributed by atoms with Crippen LogP contribution >= 0.6 is 11.6 Å². The lowest BCUT2D eigenvalue weighted by Crippen LogP contribution is -2.14. The lowest BCUT2D eigenvalue weighted by atomic mass is 10.2. The molecule has 9 heteroatoms. The molecule has 0 aliphatic carbocycles. The zero-order valence-electron chi connectivity index (χ0n) is 10.8. The molecule has 0 aliphatic rings. The number of hydrogen-bond donors (Lipinski definition) is 1. The number of non-ortho nitro benzene ring substituents is 1. The Morgan fingerprint density at radius 2 is 2.05 bits per heavy atom. The van der Waals surface area contributed by atoms with E-state index in [9.17, 15) is 18.5 Å². The number of aromatic nitrogens is 1. The summed E-state index contributed by atoms with van der Waals surface area (Å²) in [6.07, 6.45) is 2.47. The fourth-order valence-electron chi connectivity index (χ4n) is 1.59. The van der Waals surface area contributed by atoms with Gasteiger partial charge < -0.3 is 0 Å². The van der Waals surface area contributed by atoms with Crippen LogP contribution in [-0.2, 0) is 10.0 Å². The number of nitrogens with one attached hydrogen (secondary N) is 1. The molecule has 0 unspecified atom stereocenters. The highest BCUT2D eigenvalue weighted by atomic mass is 35.5. The summed E-state index contributed by atoms with van der Waals surface area (Å²) in [5.41, 5.74) is 0.448. The average Bonchev–Trinajstić information content (AvgIpc) is 2.41. The maximum absolute atomic E-state index is 12.3. The fourth-order valence-corrected chi connectivity index (χ4v) is 3.15. The molecule has 21 heavy (non-hydrogen) atoms. The Labute approximate surface area is 125 Å². The first-order valence-corrected chi connectivity index (χ1v) is 7.55. The first kappa shape index (κ1) is 15.2. The Bertz CT molecular complexity index is 808. The van der Waals surface area contributed by atoms with E-state index in [1.54, 1.807) is 6.92 Å². The fraction of sp³-hybridized carbons (Fsp3) is 0.0833. The summed E-state index contributed by atoms with van der Waals surface area (Å²) in [7, 11) is -3.98. The third-order valence-corrected chi connectivity index (χ3v) is 4.53. The number of nitrogens with zero attached hydrogens (tertiary/aromatic N) is 2. The molecule has 1 N–H and O–H groups in total. The predicted octanol–water partition coefficient (Wildman–Crippen LogP) is 2.75. The van der Waals surface area contributed by atoms with Gasteiger partial charge in [0.2, 0.25) is 0 Å². The number of sulfonamides is 1. The molecule has 0 atom stereocenters. The molecular formula is C12H10ClN3O4S. The topological polar surface area (TPSA) is 102 Å². The number of rotatable bonds is 4. The van der Waals surface area contributed by atoms with Crippen LogP contribution in [0.25, 0.3) is 0 Å². The van der Waals surface area contributed by atoms with Gasteiger partial charge in [-0.3, -0.25) is 19.8 Å². The second-order valence-electron chi connectivity index (χ2n) is 4.17. The third-order valence-electron chi connectivity index (χ3n) is 2.70. The summed E-state index contributed by atoms with van der Waals surface area (Å²) >= 11 is 5.83. The molecule has 110 valence electrons. The van der Waals surface area contributed by atoms with E-state index in [4.69, 9.17) is 11.6 Å². The minimum atomic E-state index is -3.98. The van der Waals surface area contributed by atoms with Crippen LogP contribution in [0.3, 0.4) is 0 Å². The highest BCUT2D eigenvalue weighted by Gasteiger charge is 2.20. The van der Waals surface area contributed by atoms with Crippen LogP contribution < -0.4 is 4.72 Å². The minimum Gasteiger partial charge on any atom is -0.279 e. The van der Waals surface area contributed by atoms with Gasteiger partial charge in [-0.15, -0.1) is 0 Å². The number of aryl methyl sites for hydroxylation is 1. The van der Waals surface area contributed by atoms with Gasteiger partial charge in [0.15, 0.2) is 0 Å². The van der Waals surface area contributed by atoms with E-state index >= 15 is 0 Å². The molecule has 0 amide bonds. The summed E-state index contributed by atoms with van der Waals surface area (Å²) in [5.74, 6) is 0. The number of nitro groups is 1. The molecule has 2 aromatic rings. The maximum atomic E-state index is 12.3. The van der Waals surface area contributed by atoms with Crippen molar-refractivity contribution in [3.63, 3.8) is 0 Å². The first-order valence-electron chi connectivity index (χ1n) is 5.68. The van der Waals surface area contributed by atoms with Crippen molar-refractivity contribution >= 4 is 33.0 Å². The second kappa shape index (κ2) is 5.66. The molecule has 0 spiro atoms. The van der Waals surface area contributed by atoms with Gasteiger partial charge in [0, 0.05) is 24.5 Å².